The van der Waals surface area contributed by atoms with E-state index in [0.29, 0.717) is 17.3 Å². The standard InChI is InChI=1S/C17H16ClNO3S.C2H6/c1-10-12(6-17(20)21)13-5-16(22-2)14(18)7-15(13)19(10)8-11-3-4-23-9-11;1-2/h3-5,7,9H,6,8H2,1-2H3,(H,20,21);1-2H3. The van der Waals surface area contributed by atoms with E-state index in [1.165, 1.54) is 5.56 Å². The maximum absolute atomic E-state index is 11.2. The van der Waals surface area contributed by atoms with E-state index in [1.807, 2.05) is 38.3 Å². The third-order valence-electron chi connectivity index (χ3n) is 3.98. The van der Waals surface area contributed by atoms with Crippen LogP contribution in [-0.2, 0) is 17.8 Å². The van der Waals surface area contributed by atoms with Gasteiger partial charge >= 0.3 is 5.97 Å². The fraction of sp³-hybridized carbons (Fsp3) is 0.316. The van der Waals surface area contributed by atoms with Crippen molar-refractivity contribution >= 4 is 39.8 Å². The molecule has 4 nitrogen and oxygen atoms in total. The van der Waals surface area contributed by atoms with Gasteiger partial charge in [0.1, 0.15) is 5.75 Å². The van der Waals surface area contributed by atoms with Gasteiger partial charge in [-0.05, 0) is 47.0 Å². The van der Waals surface area contributed by atoms with Crippen molar-refractivity contribution in [3.8, 4) is 5.75 Å². The first kappa shape index (κ1) is 19.3. The Hall–Kier alpha value is -1.98. The molecule has 0 spiro atoms. The normalized spacial score (nSPS) is 10.4. The lowest BCUT2D eigenvalue weighted by molar-refractivity contribution is -0.136. The van der Waals surface area contributed by atoms with Gasteiger partial charge in [-0.15, -0.1) is 0 Å². The van der Waals surface area contributed by atoms with Crippen molar-refractivity contribution in [2.24, 2.45) is 0 Å². The molecule has 1 aromatic carbocycles. The Balaban J connectivity index is 0.00000109. The van der Waals surface area contributed by atoms with Crippen molar-refractivity contribution in [1.82, 2.24) is 4.57 Å². The van der Waals surface area contributed by atoms with Gasteiger partial charge in [-0.1, -0.05) is 25.4 Å². The van der Waals surface area contributed by atoms with Gasteiger partial charge < -0.3 is 14.4 Å². The molecule has 0 unspecified atom stereocenters. The van der Waals surface area contributed by atoms with Crippen molar-refractivity contribution in [1.29, 1.82) is 0 Å². The van der Waals surface area contributed by atoms with E-state index >= 15 is 0 Å². The van der Waals surface area contributed by atoms with E-state index in [1.54, 1.807) is 18.4 Å². The molecule has 0 bridgehead atoms. The average molecular weight is 380 g/mol. The number of benzene rings is 1. The molecule has 0 amide bonds. The number of fused-ring (bicyclic) bond motifs is 1. The van der Waals surface area contributed by atoms with E-state index < -0.39 is 5.97 Å². The van der Waals surface area contributed by atoms with Crippen molar-refractivity contribution in [3.05, 3.63) is 50.8 Å². The second kappa shape index (κ2) is 8.41. The molecule has 2 aromatic heterocycles. The van der Waals surface area contributed by atoms with Crippen LogP contribution in [0.2, 0.25) is 5.02 Å². The molecule has 0 radical (unpaired) electrons. The number of methoxy groups -OCH3 is 1. The Morgan fingerprint density at radius 2 is 2.08 bits per heavy atom. The number of aromatic nitrogens is 1. The summed E-state index contributed by atoms with van der Waals surface area (Å²) < 4.78 is 7.39. The van der Waals surface area contributed by atoms with Gasteiger partial charge in [-0.2, -0.15) is 11.3 Å². The fourth-order valence-corrected chi connectivity index (χ4v) is 3.74. The van der Waals surface area contributed by atoms with E-state index in [-0.39, 0.29) is 6.42 Å². The maximum atomic E-state index is 11.2. The molecule has 0 saturated heterocycles. The molecule has 3 aromatic rings. The Morgan fingerprint density at radius 1 is 1.36 bits per heavy atom. The number of aliphatic carboxylic acids is 1. The summed E-state index contributed by atoms with van der Waals surface area (Å²) in [4.78, 5) is 11.2. The number of hydrogen-bond donors (Lipinski definition) is 1. The number of thiophene rings is 1. The van der Waals surface area contributed by atoms with Gasteiger partial charge in [0, 0.05) is 17.6 Å². The first-order valence-corrected chi connectivity index (χ1v) is 9.41. The molecule has 25 heavy (non-hydrogen) atoms. The number of halogens is 1. The molecule has 2 heterocycles. The van der Waals surface area contributed by atoms with Crippen LogP contribution in [0.3, 0.4) is 0 Å². The highest BCUT2D eigenvalue weighted by Crippen LogP contribution is 2.35. The summed E-state index contributed by atoms with van der Waals surface area (Å²) in [6, 6.07) is 5.74. The molecule has 0 fully saturated rings. The Labute approximate surface area is 156 Å². The molecule has 1 N–H and O–H groups in total. The summed E-state index contributed by atoms with van der Waals surface area (Å²) >= 11 is 7.92. The topological polar surface area (TPSA) is 51.5 Å². The highest BCUT2D eigenvalue weighted by atomic mass is 35.5. The highest BCUT2D eigenvalue weighted by Gasteiger charge is 2.19. The molecule has 134 valence electrons. The lowest BCUT2D eigenvalue weighted by atomic mass is 10.1. The zero-order chi connectivity index (χ0) is 18.6. The monoisotopic (exact) mass is 379 g/mol. The quantitative estimate of drug-likeness (QED) is 0.647. The number of rotatable bonds is 5. The summed E-state index contributed by atoms with van der Waals surface area (Å²) in [5, 5.41) is 14.8. The van der Waals surface area contributed by atoms with Crippen LogP contribution in [-0.4, -0.2) is 22.8 Å². The number of carbonyl (C=O) groups is 1. The minimum absolute atomic E-state index is 0.0241. The first-order valence-electron chi connectivity index (χ1n) is 8.09. The molecule has 0 aliphatic carbocycles. The molecule has 6 heteroatoms. The Kier molecular flexibility index (Phi) is 6.51. The summed E-state index contributed by atoms with van der Waals surface area (Å²) in [5.74, 6) is -0.296. The average Bonchev–Trinajstić information content (AvgIpc) is 3.19. The number of ether oxygens (including phenoxy) is 1. The summed E-state index contributed by atoms with van der Waals surface area (Å²) in [6.45, 7) is 6.64. The van der Waals surface area contributed by atoms with Crippen molar-refractivity contribution < 1.29 is 14.6 Å². The van der Waals surface area contributed by atoms with E-state index in [4.69, 9.17) is 16.3 Å². The second-order valence-electron chi connectivity index (χ2n) is 5.36. The van der Waals surface area contributed by atoms with Crippen LogP contribution in [0.25, 0.3) is 10.9 Å². The minimum atomic E-state index is -0.850. The van der Waals surface area contributed by atoms with Crippen molar-refractivity contribution in [2.75, 3.05) is 7.11 Å². The predicted octanol–water partition coefficient (Wildman–Crippen LogP) is 5.37. The van der Waals surface area contributed by atoms with Gasteiger partial charge in [0.15, 0.2) is 0 Å². The van der Waals surface area contributed by atoms with Gasteiger partial charge in [0.25, 0.3) is 0 Å². The maximum Gasteiger partial charge on any atom is 0.307 e. The van der Waals surface area contributed by atoms with E-state index in [2.05, 4.69) is 16.0 Å². The first-order chi connectivity index (χ1) is 12.0. The number of hydrogen-bond acceptors (Lipinski definition) is 3. The molecule has 0 atom stereocenters. The fourth-order valence-electron chi connectivity index (χ4n) is 2.85. The van der Waals surface area contributed by atoms with Crippen LogP contribution < -0.4 is 4.74 Å². The van der Waals surface area contributed by atoms with Crippen molar-refractivity contribution in [2.45, 2.75) is 33.7 Å². The van der Waals surface area contributed by atoms with Crippen LogP contribution in [0.5, 0.6) is 5.75 Å². The Morgan fingerprint density at radius 3 is 2.64 bits per heavy atom. The van der Waals surface area contributed by atoms with Gasteiger partial charge in [-0.25, -0.2) is 0 Å². The molecule has 0 aliphatic heterocycles. The highest BCUT2D eigenvalue weighted by molar-refractivity contribution is 7.07. The number of carboxylic acid groups (broad SMARTS) is 1. The predicted molar refractivity (Wildman–Crippen MR) is 104 cm³/mol. The molecule has 0 saturated carbocycles. The van der Waals surface area contributed by atoms with E-state index in [9.17, 15) is 9.90 Å². The lowest BCUT2D eigenvalue weighted by Gasteiger charge is -2.08. The number of nitrogens with zero attached hydrogens (tertiary/aromatic N) is 1. The second-order valence-corrected chi connectivity index (χ2v) is 6.54. The van der Waals surface area contributed by atoms with Crippen LogP contribution in [0.1, 0.15) is 30.7 Å². The number of carboxylic acids is 1. The zero-order valence-electron chi connectivity index (χ0n) is 14.8. The summed E-state index contributed by atoms with van der Waals surface area (Å²) in [6.07, 6.45) is -0.0241. The zero-order valence-corrected chi connectivity index (χ0v) is 16.4. The van der Waals surface area contributed by atoms with Crippen molar-refractivity contribution in [3.63, 3.8) is 0 Å². The van der Waals surface area contributed by atoms with Crippen LogP contribution in [0, 0.1) is 6.92 Å². The molecular weight excluding hydrogens is 358 g/mol. The summed E-state index contributed by atoms with van der Waals surface area (Å²) in [5.41, 5.74) is 3.86. The third-order valence-corrected chi connectivity index (χ3v) is 5.00. The van der Waals surface area contributed by atoms with Crippen LogP contribution >= 0.6 is 22.9 Å². The molecule has 0 aliphatic rings. The summed E-state index contributed by atoms with van der Waals surface area (Å²) in [7, 11) is 1.55. The molecule has 3 rings (SSSR count). The van der Waals surface area contributed by atoms with Crippen LogP contribution in [0.4, 0.5) is 0 Å². The Bertz CT molecular complexity index is 869. The molecular formula is C19H22ClNO3S. The minimum Gasteiger partial charge on any atom is -0.495 e. The van der Waals surface area contributed by atoms with Crippen LogP contribution in [0.15, 0.2) is 29.0 Å². The smallest absolute Gasteiger partial charge is 0.307 e. The SMILES string of the molecule is CC.COc1cc2c(CC(=O)O)c(C)n(Cc3ccsc3)c2cc1Cl. The van der Waals surface area contributed by atoms with E-state index in [0.717, 1.165) is 22.2 Å². The largest absolute Gasteiger partial charge is 0.495 e. The van der Waals surface area contributed by atoms with Gasteiger partial charge in [0.2, 0.25) is 0 Å². The van der Waals surface area contributed by atoms with Gasteiger partial charge in [-0.3, -0.25) is 4.79 Å². The third kappa shape index (κ3) is 3.99. The van der Waals surface area contributed by atoms with Gasteiger partial charge in [0.05, 0.1) is 24.1 Å². The lowest BCUT2D eigenvalue weighted by Crippen LogP contribution is -2.04.